The zero-order chi connectivity index (χ0) is 12.3. The first-order chi connectivity index (χ1) is 8.16. The van der Waals surface area contributed by atoms with Gasteiger partial charge in [0.15, 0.2) is 0 Å². The summed E-state index contributed by atoms with van der Waals surface area (Å²) in [5.41, 5.74) is 0. The first-order valence-electron chi connectivity index (χ1n) is 5.43. The number of carbonyl (C=O) groups is 2. The highest BCUT2D eigenvalue weighted by molar-refractivity contribution is 5.76. The molecule has 7 heteroatoms. The first kappa shape index (κ1) is 11.4. The first-order valence-corrected chi connectivity index (χ1v) is 5.43. The van der Waals surface area contributed by atoms with Crippen molar-refractivity contribution in [2.24, 2.45) is 0 Å². The van der Waals surface area contributed by atoms with Gasteiger partial charge in [-0.15, -0.1) is 0 Å². The lowest BCUT2D eigenvalue weighted by Crippen LogP contribution is -2.47. The smallest absolute Gasteiger partial charge is 0.407 e. The van der Waals surface area contributed by atoms with Gasteiger partial charge in [-0.25, -0.2) is 14.6 Å². The van der Waals surface area contributed by atoms with Crippen LogP contribution in [0.15, 0.2) is 18.7 Å². The Bertz CT molecular complexity index is 396. The third-order valence-electron chi connectivity index (χ3n) is 2.83. The maximum Gasteiger partial charge on any atom is 0.407 e. The molecular formula is C10H14N4O3. The molecule has 2 heterocycles. The van der Waals surface area contributed by atoms with Crippen molar-refractivity contribution in [1.29, 1.82) is 0 Å². The highest BCUT2D eigenvalue weighted by Crippen LogP contribution is 2.10. The molecule has 2 N–H and O–H groups in total. The minimum atomic E-state index is -0.899. The Morgan fingerprint density at radius 1 is 1.35 bits per heavy atom. The predicted molar refractivity (Wildman–Crippen MR) is 58.8 cm³/mol. The topological polar surface area (TPSA) is 87.5 Å². The summed E-state index contributed by atoms with van der Waals surface area (Å²) in [7, 11) is 0. The van der Waals surface area contributed by atoms with Crippen LogP contribution in [0, 0.1) is 0 Å². The van der Waals surface area contributed by atoms with Crippen molar-refractivity contribution in [3.63, 3.8) is 0 Å². The molecule has 0 atom stereocenters. The van der Waals surface area contributed by atoms with Crippen LogP contribution in [0.1, 0.15) is 12.8 Å². The summed E-state index contributed by atoms with van der Waals surface area (Å²) in [6, 6.07) is -0.197. The molecule has 0 aromatic carbocycles. The van der Waals surface area contributed by atoms with Crippen molar-refractivity contribution in [3.8, 4) is 0 Å². The number of likely N-dealkylation sites (tertiary alicyclic amines) is 1. The highest BCUT2D eigenvalue weighted by atomic mass is 16.4. The van der Waals surface area contributed by atoms with Crippen LogP contribution in [-0.2, 0) is 0 Å². The Morgan fingerprint density at radius 3 is 2.59 bits per heavy atom. The van der Waals surface area contributed by atoms with Gasteiger partial charge in [0.05, 0.1) is 0 Å². The number of aromatic nitrogens is 2. The Hall–Kier alpha value is -2.05. The van der Waals surface area contributed by atoms with Crippen molar-refractivity contribution >= 4 is 12.1 Å². The van der Waals surface area contributed by atoms with Gasteiger partial charge in [-0.3, -0.25) is 4.57 Å². The molecular weight excluding hydrogens is 224 g/mol. The number of hydrogen-bond donors (Lipinski definition) is 2. The fourth-order valence-corrected chi connectivity index (χ4v) is 1.84. The molecule has 1 aliphatic rings. The van der Waals surface area contributed by atoms with Gasteiger partial charge in [0.25, 0.3) is 0 Å². The molecule has 0 bridgehead atoms. The third-order valence-corrected chi connectivity index (χ3v) is 2.83. The van der Waals surface area contributed by atoms with Gasteiger partial charge in [0, 0.05) is 31.5 Å². The number of imidazole rings is 1. The monoisotopic (exact) mass is 238 g/mol. The molecule has 0 radical (unpaired) electrons. The second-order valence-electron chi connectivity index (χ2n) is 3.96. The molecule has 0 aliphatic carbocycles. The van der Waals surface area contributed by atoms with Gasteiger partial charge >= 0.3 is 12.1 Å². The van der Waals surface area contributed by atoms with Crippen LogP contribution in [-0.4, -0.2) is 50.8 Å². The van der Waals surface area contributed by atoms with Crippen molar-refractivity contribution in [3.05, 3.63) is 18.7 Å². The lowest BCUT2D eigenvalue weighted by Gasteiger charge is -2.30. The van der Waals surface area contributed by atoms with E-state index in [9.17, 15) is 9.59 Å². The molecule has 1 aromatic heterocycles. The lowest BCUT2D eigenvalue weighted by molar-refractivity contribution is 0.129. The van der Waals surface area contributed by atoms with Crippen LogP contribution >= 0.6 is 0 Å². The van der Waals surface area contributed by atoms with Crippen LogP contribution in [0.25, 0.3) is 0 Å². The number of carboxylic acid groups (broad SMARTS) is 1. The van der Waals surface area contributed by atoms with E-state index < -0.39 is 6.09 Å². The van der Waals surface area contributed by atoms with Crippen molar-refractivity contribution in [2.75, 3.05) is 13.1 Å². The van der Waals surface area contributed by atoms with Gasteiger partial charge in [-0.2, -0.15) is 0 Å². The Morgan fingerprint density at radius 2 is 2.06 bits per heavy atom. The number of rotatable bonds is 1. The van der Waals surface area contributed by atoms with Crippen LogP contribution < -0.4 is 5.32 Å². The number of amides is 2. The molecule has 2 rings (SSSR count). The molecule has 1 aromatic rings. The van der Waals surface area contributed by atoms with Crippen LogP contribution in [0.2, 0.25) is 0 Å². The van der Waals surface area contributed by atoms with E-state index in [1.165, 1.54) is 22.0 Å². The summed E-state index contributed by atoms with van der Waals surface area (Å²) < 4.78 is 1.36. The molecule has 1 saturated heterocycles. The molecule has 7 nitrogen and oxygen atoms in total. The van der Waals surface area contributed by atoms with E-state index in [0.29, 0.717) is 25.9 Å². The fraction of sp³-hybridized carbons (Fsp3) is 0.500. The summed E-state index contributed by atoms with van der Waals surface area (Å²) in [5, 5.41) is 11.6. The van der Waals surface area contributed by atoms with Crippen molar-refractivity contribution < 1.29 is 14.7 Å². The number of piperidine rings is 1. The zero-order valence-corrected chi connectivity index (χ0v) is 9.24. The molecule has 2 amide bonds. The summed E-state index contributed by atoms with van der Waals surface area (Å²) in [4.78, 5) is 27.5. The van der Waals surface area contributed by atoms with Crippen LogP contribution in [0.4, 0.5) is 9.59 Å². The molecule has 1 aliphatic heterocycles. The number of nitrogens with zero attached hydrogens (tertiary/aromatic N) is 3. The van der Waals surface area contributed by atoms with Gasteiger partial charge in [0.1, 0.15) is 6.33 Å². The fourth-order valence-electron chi connectivity index (χ4n) is 1.84. The number of nitrogens with one attached hydrogen (secondary N) is 1. The minimum Gasteiger partial charge on any atom is -0.465 e. The molecule has 92 valence electrons. The number of carbonyl (C=O) groups excluding carboxylic acids is 1. The maximum atomic E-state index is 11.7. The molecule has 0 unspecified atom stereocenters. The summed E-state index contributed by atoms with van der Waals surface area (Å²) in [6.45, 7) is 0.925. The van der Waals surface area contributed by atoms with Gasteiger partial charge < -0.3 is 15.3 Å². The molecule has 1 fully saturated rings. The van der Waals surface area contributed by atoms with E-state index in [1.54, 1.807) is 6.20 Å². The maximum absolute atomic E-state index is 11.7. The molecule has 17 heavy (non-hydrogen) atoms. The molecule has 0 saturated carbocycles. The SMILES string of the molecule is O=C(O)N1CCC(NC(=O)n2ccnc2)CC1. The summed E-state index contributed by atoms with van der Waals surface area (Å²) >= 11 is 0. The van der Waals surface area contributed by atoms with E-state index in [2.05, 4.69) is 10.3 Å². The van der Waals surface area contributed by atoms with Crippen LogP contribution in [0.5, 0.6) is 0 Å². The van der Waals surface area contributed by atoms with E-state index in [-0.39, 0.29) is 12.1 Å². The largest absolute Gasteiger partial charge is 0.465 e. The van der Waals surface area contributed by atoms with Crippen LogP contribution in [0.3, 0.4) is 0 Å². The highest BCUT2D eigenvalue weighted by Gasteiger charge is 2.23. The predicted octanol–water partition coefficient (Wildman–Crippen LogP) is 0.583. The lowest BCUT2D eigenvalue weighted by atomic mass is 10.1. The molecule has 0 spiro atoms. The van der Waals surface area contributed by atoms with E-state index >= 15 is 0 Å². The van der Waals surface area contributed by atoms with Crippen molar-refractivity contribution in [1.82, 2.24) is 19.8 Å². The summed E-state index contributed by atoms with van der Waals surface area (Å²) in [5.74, 6) is 0. The summed E-state index contributed by atoms with van der Waals surface area (Å²) in [6.07, 6.45) is 4.93. The second-order valence-corrected chi connectivity index (χ2v) is 3.96. The van der Waals surface area contributed by atoms with E-state index in [1.807, 2.05) is 0 Å². The van der Waals surface area contributed by atoms with E-state index in [4.69, 9.17) is 5.11 Å². The van der Waals surface area contributed by atoms with Crippen molar-refractivity contribution in [2.45, 2.75) is 18.9 Å². The average molecular weight is 238 g/mol. The average Bonchev–Trinajstić information content (AvgIpc) is 2.83. The third kappa shape index (κ3) is 2.74. The Kier molecular flexibility index (Phi) is 3.27. The number of hydrogen-bond acceptors (Lipinski definition) is 3. The van der Waals surface area contributed by atoms with Gasteiger partial charge in [0.2, 0.25) is 0 Å². The van der Waals surface area contributed by atoms with E-state index in [0.717, 1.165) is 0 Å². The zero-order valence-electron chi connectivity index (χ0n) is 9.24. The van der Waals surface area contributed by atoms with Gasteiger partial charge in [-0.05, 0) is 12.8 Å². The Labute approximate surface area is 98.0 Å². The Balaban J connectivity index is 1.82. The quantitative estimate of drug-likeness (QED) is 0.749. The second kappa shape index (κ2) is 4.86. The normalized spacial score (nSPS) is 16.8. The minimum absolute atomic E-state index is 0.0282. The van der Waals surface area contributed by atoms with Gasteiger partial charge in [-0.1, -0.05) is 0 Å². The standard InChI is InChI=1S/C10H14N4O3/c15-9(14-6-3-11-7-14)12-8-1-4-13(5-2-8)10(16)17/h3,6-8H,1-2,4-5H2,(H,12,15)(H,16,17).